The van der Waals surface area contributed by atoms with Crippen LogP contribution in [0.1, 0.15) is 16.8 Å². The third-order valence-corrected chi connectivity index (χ3v) is 3.94. The minimum absolute atomic E-state index is 0.956. The topological polar surface area (TPSA) is 17.0 Å². The minimum atomic E-state index is 0.956. The third-order valence-electron chi connectivity index (χ3n) is 3.94. The Balaban J connectivity index is 2.11. The molecule has 0 aliphatic carbocycles. The standard InChI is InChI=1S/C17H16N2/c1-12-7-8-16-14(9-12)15-10-18-11-17(15)19(16)13-5-3-2-4-6-13/h2-9,18H,10-11H2,1H3. The van der Waals surface area contributed by atoms with Gasteiger partial charge in [0.1, 0.15) is 0 Å². The summed E-state index contributed by atoms with van der Waals surface area (Å²) in [4.78, 5) is 0. The fraction of sp³-hybridized carbons (Fsp3) is 0.176. The third kappa shape index (κ3) is 1.53. The van der Waals surface area contributed by atoms with E-state index in [9.17, 15) is 0 Å². The van der Waals surface area contributed by atoms with Crippen molar-refractivity contribution in [2.24, 2.45) is 0 Å². The molecule has 19 heavy (non-hydrogen) atoms. The zero-order valence-corrected chi connectivity index (χ0v) is 11.0. The highest BCUT2D eigenvalue weighted by Gasteiger charge is 2.21. The number of hydrogen-bond donors (Lipinski definition) is 1. The Kier molecular flexibility index (Phi) is 2.26. The Morgan fingerprint density at radius 3 is 2.68 bits per heavy atom. The molecule has 0 spiro atoms. The fourth-order valence-electron chi connectivity index (χ4n) is 3.08. The van der Waals surface area contributed by atoms with E-state index in [1.165, 1.54) is 33.4 Å². The molecule has 1 aliphatic heterocycles. The van der Waals surface area contributed by atoms with Crippen LogP contribution >= 0.6 is 0 Å². The molecule has 4 rings (SSSR count). The summed E-state index contributed by atoms with van der Waals surface area (Å²) in [5, 5.41) is 4.86. The van der Waals surface area contributed by atoms with Gasteiger partial charge in [-0.05, 0) is 36.8 Å². The van der Waals surface area contributed by atoms with Gasteiger partial charge in [-0.15, -0.1) is 0 Å². The number of rotatable bonds is 1. The largest absolute Gasteiger partial charge is 0.312 e. The summed E-state index contributed by atoms with van der Waals surface area (Å²) < 4.78 is 2.39. The summed E-state index contributed by atoms with van der Waals surface area (Å²) in [6, 6.07) is 17.4. The number of hydrogen-bond acceptors (Lipinski definition) is 1. The first kappa shape index (κ1) is 10.8. The smallest absolute Gasteiger partial charge is 0.0535 e. The van der Waals surface area contributed by atoms with Crippen LogP contribution in [-0.2, 0) is 13.1 Å². The van der Waals surface area contributed by atoms with Crippen molar-refractivity contribution in [3.05, 3.63) is 65.4 Å². The van der Waals surface area contributed by atoms with Gasteiger partial charge in [-0.2, -0.15) is 0 Å². The van der Waals surface area contributed by atoms with Crippen LogP contribution in [0.15, 0.2) is 48.5 Å². The number of aromatic nitrogens is 1. The molecule has 2 heteroatoms. The Morgan fingerprint density at radius 2 is 1.84 bits per heavy atom. The number of benzene rings is 2. The highest BCUT2D eigenvalue weighted by molar-refractivity contribution is 5.88. The first-order valence-corrected chi connectivity index (χ1v) is 6.73. The molecule has 2 nitrogen and oxygen atoms in total. The molecule has 2 aromatic carbocycles. The van der Waals surface area contributed by atoms with Gasteiger partial charge in [-0.25, -0.2) is 0 Å². The zero-order chi connectivity index (χ0) is 12.8. The maximum atomic E-state index is 3.47. The summed E-state index contributed by atoms with van der Waals surface area (Å²) >= 11 is 0. The minimum Gasteiger partial charge on any atom is -0.312 e. The first-order chi connectivity index (χ1) is 9.34. The monoisotopic (exact) mass is 248 g/mol. The van der Waals surface area contributed by atoms with Crippen molar-refractivity contribution in [1.82, 2.24) is 9.88 Å². The van der Waals surface area contributed by atoms with Gasteiger partial charge in [0.2, 0.25) is 0 Å². The normalized spacial score (nSPS) is 13.9. The molecule has 0 radical (unpaired) electrons. The average molecular weight is 248 g/mol. The van der Waals surface area contributed by atoms with E-state index in [1.807, 2.05) is 0 Å². The second-order valence-electron chi connectivity index (χ2n) is 5.22. The summed E-state index contributed by atoms with van der Waals surface area (Å²) in [6.07, 6.45) is 0. The highest BCUT2D eigenvalue weighted by Crippen LogP contribution is 2.32. The number of nitrogens with zero attached hydrogens (tertiary/aromatic N) is 1. The van der Waals surface area contributed by atoms with Crippen LogP contribution in [0.5, 0.6) is 0 Å². The van der Waals surface area contributed by atoms with Crippen molar-refractivity contribution in [3.8, 4) is 5.69 Å². The van der Waals surface area contributed by atoms with Gasteiger partial charge in [-0.3, -0.25) is 0 Å². The van der Waals surface area contributed by atoms with E-state index in [0.29, 0.717) is 0 Å². The number of nitrogens with one attached hydrogen (secondary N) is 1. The van der Waals surface area contributed by atoms with Gasteiger partial charge in [-0.1, -0.05) is 29.8 Å². The number of aryl methyl sites for hydroxylation is 1. The van der Waals surface area contributed by atoms with Crippen molar-refractivity contribution in [1.29, 1.82) is 0 Å². The molecule has 1 aromatic heterocycles. The lowest BCUT2D eigenvalue weighted by molar-refractivity contribution is 0.747. The summed E-state index contributed by atoms with van der Waals surface area (Å²) in [5.74, 6) is 0. The number of fused-ring (bicyclic) bond motifs is 3. The lowest BCUT2D eigenvalue weighted by Gasteiger charge is -2.09. The van der Waals surface area contributed by atoms with Crippen LogP contribution in [0.25, 0.3) is 16.6 Å². The molecular formula is C17H16N2. The van der Waals surface area contributed by atoms with E-state index in [2.05, 4.69) is 65.3 Å². The average Bonchev–Trinajstić information content (AvgIpc) is 3.00. The van der Waals surface area contributed by atoms with Crippen LogP contribution in [0.2, 0.25) is 0 Å². The van der Waals surface area contributed by atoms with Gasteiger partial charge in [0.15, 0.2) is 0 Å². The van der Waals surface area contributed by atoms with Crippen LogP contribution in [-0.4, -0.2) is 4.57 Å². The highest BCUT2D eigenvalue weighted by atomic mass is 15.1. The fourth-order valence-corrected chi connectivity index (χ4v) is 3.08. The quantitative estimate of drug-likeness (QED) is 0.697. The van der Waals surface area contributed by atoms with E-state index in [-0.39, 0.29) is 0 Å². The SMILES string of the molecule is Cc1ccc2c(c1)c1c(n2-c2ccccc2)CNC1. The van der Waals surface area contributed by atoms with Crippen LogP contribution in [0.3, 0.4) is 0 Å². The summed E-state index contributed by atoms with van der Waals surface area (Å²) in [5.41, 5.74) is 6.77. The molecule has 0 amide bonds. The molecular weight excluding hydrogens is 232 g/mol. The molecule has 0 unspecified atom stereocenters. The van der Waals surface area contributed by atoms with E-state index in [0.717, 1.165) is 13.1 Å². The molecule has 94 valence electrons. The van der Waals surface area contributed by atoms with Gasteiger partial charge < -0.3 is 9.88 Å². The van der Waals surface area contributed by atoms with Gasteiger partial charge in [0.25, 0.3) is 0 Å². The van der Waals surface area contributed by atoms with Gasteiger partial charge in [0.05, 0.1) is 5.52 Å². The van der Waals surface area contributed by atoms with Gasteiger partial charge >= 0.3 is 0 Å². The number of para-hydroxylation sites is 1. The summed E-state index contributed by atoms with van der Waals surface area (Å²) in [7, 11) is 0. The maximum Gasteiger partial charge on any atom is 0.0535 e. The molecule has 0 saturated carbocycles. The summed E-state index contributed by atoms with van der Waals surface area (Å²) in [6.45, 7) is 4.10. The molecule has 0 saturated heterocycles. The van der Waals surface area contributed by atoms with E-state index < -0.39 is 0 Å². The van der Waals surface area contributed by atoms with Crippen molar-refractivity contribution in [2.45, 2.75) is 20.0 Å². The van der Waals surface area contributed by atoms with Crippen molar-refractivity contribution < 1.29 is 0 Å². The Morgan fingerprint density at radius 1 is 1.00 bits per heavy atom. The molecule has 1 aliphatic rings. The zero-order valence-electron chi connectivity index (χ0n) is 11.0. The molecule has 2 heterocycles. The van der Waals surface area contributed by atoms with E-state index >= 15 is 0 Å². The Bertz CT molecular complexity index is 754. The van der Waals surface area contributed by atoms with E-state index in [4.69, 9.17) is 0 Å². The Hall–Kier alpha value is -2.06. The predicted molar refractivity (Wildman–Crippen MR) is 78.6 cm³/mol. The predicted octanol–water partition coefficient (Wildman–Crippen LogP) is 3.54. The second-order valence-corrected chi connectivity index (χ2v) is 5.22. The Labute approximate surface area is 112 Å². The van der Waals surface area contributed by atoms with Crippen molar-refractivity contribution >= 4 is 10.9 Å². The van der Waals surface area contributed by atoms with Crippen LogP contribution in [0.4, 0.5) is 0 Å². The van der Waals surface area contributed by atoms with Crippen LogP contribution < -0.4 is 5.32 Å². The first-order valence-electron chi connectivity index (χ1n) is 6.73. The second kappa shape index (κ2) is 3.97. The maximum absolute atomic E-state index is 3.47. The lowest BCUT2D eigenvalue weighted by Crippen LogP contribution is -2.06. The van der Waals surface area contributed by atoms with Crippen molar-refractivity contribution in [2.75, 3.05) is 0 Å². The van der Waals surface area contributed by atoms with Crippen LogP contribution in [0, 0.1) is 6.92 Å². The molecule has 0 atom stereocenters. The molecule has 3 aromatic rings. The van der Waals surface area contributed by atoms with Gasteiger partial charge in [0, 0.05) is 29.9 Å². The molecule has 0 bridgehead atoms. The van der Waals surface area contributed by atoms with Crippen molar-refractivity contribution in [3.63, 3.8) is 0 Å². The molecule has 0 fully saturated rings. The molecule has 1 N–H and O–H groups in total. The lowest BCUT2D eigenvalue weighted by atomic mass is 10.1. The van der Waals surface area contributed by atoms with E-state index in [1.54, 1.807) is 0 Å².